The lowest BCUT2D eigenvalue weighted by atomic mass is 9.84. The zero-order valence-electron chi connectivity index (χ0n) is 17.3. The molecule has 1 unspecified atom stereocenters. The van der Waals surface area contributed by atoms with Gasteiger partial charge in [0.2, 0.25) is 5.91 Å². The molecule has 6 heteroatoms. The zero-order chi connectivity index (χ0) is 21.0. The predicted molar refractivity (Wildman–Crippen MR) is 112 cm³/mol. The molecule has 1 aromatic heterocycles. The van der Waals surface area contributed by atoms with Crippen molar-refractivity contribution in [2.24, 2.45) is 0 Å². The number of carbonyl (C=O) groups excluding carboxylic acids is 2. The quantitative estimate of drug-likeness (QED) is 0.718. The van der Waals surface area contributed by atoms with Gasteiger partial charge in [0.1, 0.15) is 12.1 Å². The first-order valence-electron chi connectivity index (χ1n) is 10.2. The number of aldehydes is 1. The van der Waals surface area contributed by atoms with Gasteiger partial charge in [0.15, 0.2) is 0 Å². The number of rotatable bonds is 7. The molecular formula is C23H28FN3O2. The van der Waals surface area contributed by atoms with E-state index < -0.39 is 0 Å². The van der Waals surface area contributed by atoms with Crippen molar-refractivity contribution in [1.82, 2.24) is 10.3 Å². The summed E-state index contributed by atoms with van der Waals surface area (Å²) in [6.45, 7) is 1.83. The lowest BCUT2D eigenvalue weighted by molar-refractivity contribution is -0.121. The molecule has 0 aliphatic heterocycles. The minimum absolute atomic E-state index is 0.00548. The van der Waals surface area contributed by atoms with Crippen molar-refractivity contribution in [1.29, 1.82) is 0 Å². The van der Waals surface area contributed by atoms with Gasteiger partial charge in [0, 0.05) is 56.1 Å². The molecule has 0 radical (unpaired) electrons. The summed E-state index contributed by atoms with van der Waals surface area (Å²) in [5.41, 5.74) is 5.00. The summed E-state index contributed by atoms with van der Waals surface area (Å²) in [4.78, 5) is 29.0. The third-order valence-corrected chi connectivity index (χ3v) is 5.51. The van der Waals surface area contributed by atoms with Gasteiger partial charge >= 0.3 is 0 Å². The number of pyridine rings is 1. The molecule has 0 saturated heterocycles. The second-order valence-electron chi connectivity index (χ2n) is 7.68. The van der Waals surface area contributed by atoms with E-state index in [2.05, 4.69) is 10.3 Å². The SMILES string of the molecule is CCC(=O)NC1CCCc2c(-c3cc(CCC=O)c(N(C)C)cc3F)cncc21. The Kier molecular flexibility index (Phi) is 6.62. The molecule has 0 fully saturated rings. The number of anilines is 1. The number of benzene rings is 1. The van der Waals surface area contributed by atoms with Crippen molar-refractivity contribution in [2.45, 2.75) is 51.5 Å². The van der Waals surface area contributed by atoms with Gasteiger partial charge in [-0.1, -0.05) is 6.92 Å². The highest BCUT2D eigenvalue weighted by molar-refractivity contribution is 5.77. The minimum atomic E-state index is -0.307. The molecule has 1 amide bonds. The monoisotopic (exact) mass is 397 g/mol. The summed E-state index contributed by atoms with van der Waals surface area (Å²) >= 11 is 0. The van der Waals surface area contributed by atoms with E-state index in [0.29, 0.717) is 24.8 Å². The Morgan fingerprint density at radius 1 is 1.31 bits per heavy atom. The van der Waals surface area contributed by atoms with E-state index >= 15 is 4.39 Å². The van der Waals surface area contributed by atoms with E-state index in [1.54, 1.807) is 12.4 Å². The van der Waals surface area contributed by atoms with Gasteiger partial charge < -0.3 is 15.0 Å². The summed E-state index contributed by atoms with van der Waals surface area (Å²) in [5.74, 6) is -0.301. The molecule has 154 valence electrons. The van der Waals surface area contributed by atoms with Crippen molar-refractivity contribution < 1.29 is 14.0 Å². The van der Waals surface area contributed by atoms with Crippen LogP contribution in [0, 0.1) is 5.82 Å². The number of nitrogens with zero attached hydrogens (tertiary/aromatic N) is 2. The van der Waals surface area contributed by atoms with Gasteiger partial charge in [-0.25, -0.2) is 4.39 Å². The number of amides is 1. The first kappa shape index (κ1) is 21.0. The summed E-state index contributed by atoms with van der Waals surface area (Å²) in [6, 6.07) is 3.30. The average molecular weight is 397 g/mol. The fraction of sp³-hybridized carbons (Fsp3) is 0.435. The van der Waals surface area contributed by atoms with Crippen LogP contribution in [-0.4, -0.2) is 31.3 Å². The van der Waals surface area contributed by atoms with E-state index in [1.165, 1.54) is 6.07 Å². The fourth-order valence-electron chi connectivity index (χ4n) is 4.04. The molecule has 1 aliphatic carbocycles. The minimum Gasteiger partial charge on any atom is -0.377 e. The number of fused-ring (bicyclic) bond motifs is 1. The van der Waals surface area contributed by atoms with Crippen LogP contribution in [0.25, 0.3) is 11.1 Å². The summed E-state index contributed by atoms with van der Waals surface area (Å²) in [5, 5.41) is 3.06. The summed E-state index contributed by atoms with van der Waals surface area (Å²) < 4.78 is 15.1. The molecular weight excluding hydrogens is 369 g/mol. The number of nitrogens with one attached hydrogen (secondary N) is 1. The Bertz CT molecular complexity index is 911. The Morgan fingerprint density at radius 3 is 2.79 bits per heavy atom. The maximum Gasteiger partial charge on any atom is 0.220 e. The lowest BCUT2D eigenvalue weighted by Gasteiger charge is -2.28. The van der Waals surface area contributed by atoms with Crippen LogP contribution in [0.2, 0.25) is 0 Å². The number of aryl methyl sites for hydroxylation is 1. The maximum atomic E-state index is 15.1. The van der Waals surface area contributed by atoms with Crippen molar-refractivity contribution in [2.75, 3.05) is 19.0 Å². The predicted octanol–water partition coefficient (Wildman–Crippen LogP) is 3.99. The molecule has 5 nitrogen and oxygen atoms in total. The van der Waals surface area contributed by atoms with Crippen LogP contribution in [-0.2, 0) is 22.4 Å². The number of hydrogen-bond donors (Lipinski definition) is 1. The first-order valence-corrected chi connectivity index (χ1v) is 10.2. The normalized spacial score (nSPS) is 15.5. The number of carbonyl (C=O) groups is 2. The fourth-order valence-corrected chi connectivity index (χ4v) is 4.04. The Morgan fingerprint density at radius 2 is 2.10 bits per heavy atom. The van der Waals surface area contributed by atoms with Gasteiger partial charge in [0.25, 0.3) is 0 Å². The van der Waals surface area contributed by atoms with Crippen LogP contribution in [0.15, 0.2) is 24.5 Å². The van der Waals surface area contributed by atoms with Gasteiger partial charge in [-0.15, -0.1) is 0 Å². The highest BCUT2D eigenvalue weighted by Gasteiger charge is 2.25. The molecule has 1 heterocycles. The smallest absolute Gasteiger partial charge is 0.220 e. The first-order chi connectivity index (χ1) is 14.0. The van der Waals surface area contributed by atoms with E-state index in [-0.39, 0.29) is 17.8 Å². The number of aromatic nitrogens is 1. The molecule has 0 saturated carbocycles. The van der Waals surface area contributed by atoms with Crippen LogP contribution in [0.1, 0.15) is 55.3 Å². The van der Waals surface area contributed by atoms with Crippen LogP contribution in [0.5, 0.6) is 0 Å². The highest BCUT2D eigenvalue weighted by atomic mass is 19.1. The Balaban J connectivity index is 2.08. The van der Waals surface area contributed by atoms with Gasteiger partial charge in [-0.3, -0.25) is 9.78 Å². The van der Waals surface area contributed by atoms with Crippen LogP contribution in [0.4, 0.5) is 10.1 Å². The van der Waals surface area contributed by atoms with E-state index in [4.69, 9.17) is 0 Å². The zero-order valence-corrected chi connectivity index (χ0v) is 17.3. The maximum absolute atomic E-state index is 15.1. The molecule has 1 N–H and O–H groups in total. The van der Waals surface area contributed by atoms with Crippen LogP contribution in [0.3, 0.4) is 0 Å². The molecule has 1 aliphatic rings. The third kappa shape index (κ3) is 4.47. The van der Waals surface area contributed by atoms with Crippen molar-refractivity contribution in [3.8, 4) is 11.1 Å². The molecule has 1 aromatic carbocycles. The molecule has 2 aromatic rings. The van der Waals surface area contributed by atoms with Crippen molar-refractivity contribution in [3.05, 3.63) is 47.0 Å². The van der Waals surface area contributed by atoms with E-state index in [0.717, 1.165) is 53.5 Å². The molecule has 1 atom stereocenters. The second kappa shape index (κ2) is 9.16. The van der Waals surface area contributed by atoms with Gasteiger partial charge in [0.05, 0.1) is 6.04 Å². The van der Waals surface area contributed by atoms with Gasteiger partial charge in [-0.05, 0) is 54.5 Å². The van der Waals surface area contributed by atoms with Crippen molar-refractivity contribution in [3.63, 3.8) is 0 Å². The molecule has 3 rings (SSSR count). The largest absolute Gasteiger partial charge is 0.377 e. The van der Waals surface area contributed by atoms with E-state index in [9.17, 15) is 9.59 Å². The molecule has 29 heavy (non-hydrogen) atoms. The third-order valence-electron chi connectivity index (χ3n) is 5.51. The second-order valence-corrected chi connectivity index (χ2v) is 7.68. The highest BCUT2D eigenvalue weighted by Crippen LogP contribution is 2.38. The van der Waals surface area contributed by atoms with Crippen LogP contribution < -0.4 is 10.2 Å². The van der Waals surface area contributed by atoms with Crippen molar-refractivity contribution >= 4 is 17.9 Å². The summed E-state index contributed by atoms with van der Waals surface area (Å²) in [7, 11) is 3.73. The average Bonchev–Trinajstić information content (AvgIpc) is 2.72. The number of halogens is 1. The Labute approximate surface area is 171 Å². The van der Waals surface area contributed by atoms with Crippen LogP contribution >= 0.6 is 0 Å². The molecule has 0 spiro atoms. The lowest BCUT2D eigenvalue weighted by Crippen LogP contribution is -2.30. The van der Waals surface area contributed by atoms with Gasteiger partial charge in [-0.2, -0.15) is 0 Å². The number of hydrogen-bond acceptors (Lipinski definition) is 4. The summed E-state index contributed by atoms with van der Waals surface area (Å²) in [6.07, 6.45) is 8.37. The topological polar surface area (TPSA) is 62.3 Å². The standard InChI is InChI=1S/C23H28FN3O2/c1-4-23(29)26-21-9-5-8-16-18(13-25-14-19(16)21)17-11-15(7-6-10-28)22(27(2)3)12-20(17)24/h10-14,21H,4-9H2,1-3H3,(H,26,29). The molecule has 0 bridgehead atoms. The van der Waals surface area contributed by atoms with E-state index in [1.807, 2.05) is 32.0 Å². The Hall–Kier alpha value is -2.76.